The molecule has 0 spiro atoms. The van der Waals surface area contributed by atoms with Gasteiger partial charge in [0.15, 0.2) is 11.0 Å². The lowest BCUT2D eigenvalue weighted by molar-refractivity contribution is 0.0996. The van der Waals surface area contributed by atoms with Gasteiger partial charge in [-0.3, -0.25) is 4.79 Å². The molecular formula is C13H9ClN2O3. The Kier molecular flexibility index (Phi) is 4.18. The van der Waals surface area contributed by atoms with Gasteiger partial charge < -0.3 is 14.8 Å². The Labute approximate surface area is 114 Å². The van der Waals surface area contributed by atoms with Crippen LogP contribution in [0.15, 0.2) is 34.7 Å². The highest BCUT2D eigenvalue weighted by Gasteiger charge is 2.11. The second kappa shape index (κ2) is 6.05. The van der Waals surface area contributed by atoms with Gasteiger partial charge in [0, 0.05) is 0 Å². The van der Waals surface area contributed by atoms with Gasteiger partial charge in [0.25, 0.3) is 5.91 Å². The number of aliphatic hydroxyl groups excluding tert-OH is 1. The van der Waals surface area contributed by atoms with Crippen LogP contribution in [-0.2, 0) is 0 Å². The van der Waals surface area contributed by atoms with Crippen LogP contribution in [0.1, 0.15) is 16.2 Å². The summed E-state index contributed by atoms with van der Waals surface area (Å²) in [6, 6.07) is 7.92. The molecule has 0 bridgehead atoms. The predicted octanol–water partition coefficient (Wildman–Crippen LogP) is 1.92. The molecule has 0 aromatic carbocycles. The lowest BCUT2D eigenvalue weighted by Gasteiger charge is -2.02. The molecule has 0 saturated heterocycles. The summed E-state index contributed by atoms with van der Waals surface area (Å²) >= 11 is 5.59. The fourth-order valence-electron chi connectivity index (χ4n) is 1.32. The molecule has 2 N–H and O–H groups in total. The van der Waals surface area contributed by atoms with Gasteiger partial charge in [-0.05, 0) is 41.8 Å². The zero-order valence-electron chi connectivity index (χ0n) is 9.68. The summed E-state index contributed by atoms with van der Waals surface area (Å²) in [5.74, 6) is 5.10. The number of nitrogens with zero attached hydrogens (tertiary/aromatic N) is 1. The van der Waals surface area contributed by atoms with E-state index in [1.165, 1.54) is 12.1 Å². The lowest BCUT2D eigenvalue weighted by atomic mass is 10.3. The van der Waals surface area contributed by atoms with Crippen molar-refractivity contribution in [1.82, 2.24) is 4.98 Å². The molecular weight excluding hydrogens is 268 g/mol. The number of amides is 1. The van der Waals surface area contributed by atoms with E-state index >= 15 is 0 Å². The molecule has 0 fully saturated rings. The second-order valence-corrected chi connectivity index (χ2v) is 3.80. The number of hydrogen-bond donors (Lipinski definition) is 2. The summed E-state index contributed by atoms with van der Waals surface area (Å²) in [6.45, 7) is -0.247. The highest BCUT2D eigenvalue weighted by Crippen LogP contribution is 2.14. The Morgan fingerprint density at radius 2 is 2.26 bits per heavy atom. The van der Waals surface area contributed by atoms with E-state index in [-0.39, 0.29) is 17.6 Å². The number of rotatable bonds is 2. The first-order valence-corrected chi connectivity index (χ1v) is 5.70. The van der Waals surface area contributed by atoms with E-state index in [1.807, 2.05) is 0 Å². The van der Waals surface area contributed by atoms with Gasteiger partial charge in [0.05, 0.1) is 0 Å². The average molecular weight is 277 g/mol. The molecule has 0 aliphatic carbocycles. The number of halogens is 1. The number of nitrogens with one attached hydrogen (secondary N) is 1. The van der Waals surface area contributed by atoms with Crippen molar-refractivity contribution in [3.05, 3.63) is 47.0 Å². The van der Waals surface area contributed by atoms with Gasteiger partial charge in [-0.1, -0.05) is 12.0 Å². The number of furan rings is 1. The Hall–Kier alpha value is -2.29. The SMILES string of the molecule is O=C(Nc1cccc(C#CCO)n1)c1ccc(Cl)o1. The third kappa shape index (κ3) is 3.58. The maximum atomic E-state index is 11.8. The Balaban J connectivity index is 2.13. The van der Waals surface area contributed by atoms with E-state index < -0.39 is 5.91 Å². The minimum absolute atomic E-state index is 0.0960. The van der Waals surface area contributed by atoms with Crippen LogP contribution >= 0.6 is 11.6 Å². The van der Waals surface area contributed by atoms with Gasteiger partial charge in [0.2, 0.25) is 0 Å². The van der Waals surface area contributed by atoms with Crippen molar-refractivity contribution >= 4 is 23.3 Å². The summed E-state index contributed by atoms with van der Waals surface area (Å²) in [6.07, 6.45) is 0. The molecule has 0 atom stereocenters. The second-order valence-electron chi connectivity index (χ2n) is 3.43. The van der Waals surface area contributed by atoms with Crippen molar-refractivity contribution < 1.29 is 14.3 Å². The number of pyridine rings is 1. The Bertz CT molecular complexity index is 655. The molecule has 1 amide bonds. The fourth-order valence-corrected chi connectivity index (χ4v) is 1.46. The van der Waals surface area contributed by atoms with E-state index in [0.717, 1.165) is 0 Å². The van der Waals surface area contributed by atoms with E-state index in [1.54, 1.807) is 18.2 Å². The number of aliphatic hydroxyl groups is 1. The number of anilines is 1. The Morgan fingerprint density at radius 1 is 1.42 bits per heavy atom. The van der Waals surface area contributed by atoms with Gasteiger partial charge in [-0.2, -0.15) is 0 Å². The number of carbonyl (C=O) groups excluding carboxylic acids is 1. The number of hydrogen-bond acceptors (Lipinski definition) is 4. The molecule has 2 rings (SSSR count). The van der Waals surface area contributed by atoms with Crippen molar-refractivity contribution in [3.8, 4) is 11.8 Å². The van der Waals surface area contributed by atoms with Crippen LogP contribution in [0, 0.1) is 11.8 Å². The molecule has 6 heteroatoms. The van der Waals surface area contributed by atoms with Crippen LogP contribution in [0.4, 0.5) is 5.82 Å². The predicted molar refractivity (Wildman–Crippen MR) is 69.9 cm³/mol. The molecule has 0 radical (unpaired) electrons. The van der Waals surface area contributed by atoms with Crippen molar-refractivity contribution in [1.29, 1.82) is 0 Å². The van der Waals surface area contributed by atoms with Crippen LogP contribution < -0.4 is 5.32 Å². The third-order valence-corrected chi connectivity index (χ3v) is 2.29. The van der Waals surface area contributed by atoms with Crippen LogP contribution in [0.3, 0.4) is 0 Å². The van der Waals surface area contributed by atoms with Crippen LogP contribution in [0.2, 0.25) is 5.22 Å². The minimum atomic E-state index is -0.452. The van der Waals surface area contributed by atoms with Crippen LogP contribution in [0.5, 0.6) is 0 Å². The monoisotopic (exact) mass is 276 g/mol. The van der Waals surface area contributed by atoms with Gasteiger partial charge in [-0.15, -0.1) is 0 Å². The Morgan fingerprint density at radius 3 is 2.95 bits per heavy atom. The summed E-state index contributed by atoms with van der Waals surface area (Å²) in [7, 11) is 0. The highest BCUT2D eigenvalue weighted by atomic mass is 35.5. The highest BCUT2D eigenvalue weighted by molar-refractivity contribution is 6.29. The first kappa shape index (κ1) is 13.1. The first-order chi connectivity index (χ1) is 9.19. The molecule has 0 aliphatic heterocycles. The third-order valence-electron chi connectivity index (χ3n) is 2.08. The topological polar surface area (TPSA) is 75.4 Å². The van der Waals surface area contributed by atoms with E-state index in [9.17, 15) is 4.79 Å². The molecule has 0 saturated carbocycles. The minimum Gasteiger partial charge on any atom is -0.440 e. The van der Waals surface area contributed by atoms with Gasteiger partial charge >= 0.3 is 0 Å². The largest absolute Gasteiger partial charge is 0.440 e. The molecule has 19 heavy (non-hydrogen) atoms. The summed E-state index contributed by atoms with van der Waals surface area (Å²) in [4.78, 5) is 15.9. The van der Waals surface area contributed by atoms with Gasteiger partial charge in [-0.25, -0.2) is 4.98 Å². The van der Waals surface area contributed by atoms with E-state index in [4.69, 9.17) is 21.1 Å². The molecule has 2 aromatic heterocycles. The molecule has 96 valence electrons. The van der Waals surface area contributed by atoms with Crippen molar-refractivity contribution in [2.24, 2.45) is 0 Å². The summed E-state index contributed by atoms with van der Waals surface area (Å²) < 4.78 is 4.98. The zero-order chi connectivity index (χ0) is 13.7. The summed E-state index contributed by atoms with van der Waals surface area (Å²) in [5.41, 5.74) is 0.448. The number of carbonyl (C=O) groups is 1. The van der Waals surface area contributed by atoms with Crippen molar-refractivity contribution in [2.45, 2.75) is 0 Å². The quantitative estimate of drug-likeness (QED) is 0.822. The molecule has 0 aliphatic rings. The zero-order valence-corrected chi connectivity index (χ0v) is 10.4. The smallest absolute Gasteiger partial charge is 0.292 e. The van der Waals surface area contributed by atoms with Crippen LogP contribution in [0.25, 0.3) is 0 Å². The maximum absolute atomic E-state index is 11.8. The van der Waals surface area contributed by atoms with E-state index in [2.05, 4.69) is 22.1 Å². The standard InChI is InChI=1S/C13H9ClN2O3/c14-11-7-6-10(19-11)13(18)16-12-5-1-3-9(15-12)4-2-8-17/h1,3,5-7,17H,8H2,(H,15,16,18). The molecule has 2 aromatic rings. The van der Waals surface area contributed by atoms with Crippen LogP contribution in [-0.4, -0.2) is 22.6 Å². The molecule has 2 heterocycles. The van der Waals surface area contributed by atoms with Gasteiger partial charge in [0.1, 0.15) is 18.1 Å². The first-order valence-electron chi connectivity index (χ1n) is 5.32. The lowest BCUT2D eigenvalue weighted by Crippen LogP contribution is -2.12. The van der Waals surface area contributed by atoms with E-state index in [0.29, 0.717) is 11.5 Å². The molecule has 0 unspecified atom stereocenters. The normalized spacial score (nSPS) is 9.58. The summed E-state index contributed by atoms with van der Waals surface area (Å²) in [5, 5.41) is 11.3. The molecule has 5 nitrogen and oxygen atoms in total. The fraction of sp³-hybridized carbons (Fsp3) is 0.0769. The maximum Gasteiger partial charge on any atom is 0.292 e. The van der Waals surface area contributed by atoms with Crippen molar-refractivity contribution in [2.75, 3.05) is 11.9 Å². The number of aromatic nitrogens is 1. The van der Waals surface area contributed by atoms with Crippen molar-refractivity contribution in [3.63, 3.8) is 0 Å². The average Bonchev–Trinajstić information content (AvgIpc) is 2.83.